The van der Waals surface area contributed by atoms with Crippen molar-refractivity contribution in [3.63, 3.8) is 0 Å². The Bertz CT molecular complexity index is 1110. The van der Waals surface area contributed by atoms with Crippen LogP contribution in [0.1, 0.15) is 41.2 Å². The molecule has 34 heavy (non-hydrogen) atoms. The minimum Gasteiger partial charge on any atom is -0.384 e. The van der Waals surface area contributed by atoms with Gasteiger partial charge in [-0.2, -0.15) is 0 Å². The fourth-order valence-corrected chi connectivity index (χ4v) is 4.28. The van der Waals surface area contributed by atoms with Crippen molar-refractivity contribution < 1.29 is 28.8 Å². The van der Waals surface area contributed by atoms with Gasteiger partial charge in [-0.1, -0.05) is 66.7 Å². The molecule has 2 aliphatic heterocycles. The number of aromatic nitrogens is 1. The molecule has 2 fully saturated rings. The zero-order valence-corrected chi connectivity index (χ0v) is 18.4. The van der Waals surface area contributed by atoms with E-state index in [9.17, 15) is 9.90 Å². The predicted molar refractivity (Wildman–Crippen MR) is 121 cm³/mol. The van der Waals surface area contributed by atoms with Gasteiger partial charge >= 0.3 is 0 Å². The van der Waals surface area contributed by atoms with Crippen molar-refractivity contribution in [2.24, 2.45) is 5.73 Å². The Hall–Kier alpha value is -3.14. The molecule has 2 unspecified atom stereocenters. The number of nitrogens with zero attached hydrogens (tertiary/aromatic N) is 1. The first-order valence-electron chi connectivity index (χ1n) is 11.2. The number of primary amides is 1. The number of carbonyl (C=O) groups is 1. The van der Waals surface area contributed by atoms with Crippen molar-refractivity contribution in [2.45, 2.75) is 43.4 Å². The summed E-state index contributed by atoms with van der Waals surface area (Å²) < 4.78 is 24.7. The molecule has 3 heterocycles. The molecule has 8 heteroatoms. The number of hydrogen-bond acceptors (Lipinski definition) is 7. The third kappa shape index (κ3) is 4.86. The van der Waals surface area contributed by atoms with Gasteiger partial charge in [-0.15, -0.1) is 0 Å². The first kappa shape index (κ1) is 22.6. The van der Waals surface area contributed by atoms with Gasteiger partial charge in [-0.25, -0.2) is 0 Å². The predicted octanol–water partition coefficient (Wildman–Crippen LogP) is 2.74. The first-order valence-corrected chi connectivity index (χ1v) is 11.2. The van der Waals surface area contributed by atoms with Crippen LogP contribution < -0.4 is 5.73 Å². The van der Waals surface area contributed by atoms with E-state index in [1.54, 1.807) is 18.2 Å². The van der Waals surface area contributed by atoms with Crippen LogP contribution in [0, 0.1) is 0 Å². The second-order valence-corrected chi connectivity index (χ2v) is 8.34. The number of benzene rings is 2. The molecule has 0 radical (unpaired) electrons. The Kier molecular flexibility index (Phi) is 6.66. The van der Waals surface area contributed by atoms with Crippen LogP contribution in [0.5, 0.6) is 0 Å². The van der Waals surface area contributed by atoms with Gasteiger partial charge in [0.1, 0.15) is 24.4 Å². The maximum absolute atomic E-state index is 11.4. The molecule has 2 aliphatic rings. The Balaban J connectivity index is 1.45. The van der Waals surface area contributed by atoms with Crippen molar-refractivity contribution in [3.05, 3.63) is 101 Å². The molecule has 2 saturated heterocycles. The molecule has 6 atom stereocenters. The third-order valence-corrected chi connectivity index (χ3v) is 5.90. The van der Waals surface area contributed by atoms with Crippen molar-refractivity contribution in [1.82, 2.24) is 4.98 Å². The molecule has 0 saturated carbocycles. The zero-order chi connectivity index (χ0) is 23.5. The van der Waals surface area contributed by atoms with E-state index in [2.05, 4.69) is 4.98 Å². The van der Waals surface area contributed by atoms with E-state index in [4.69, 9.17) is 24.7 Å². The second-order valence-electron chi connectivity index (χ2n) is 8.34. The van der Waals surface area contributed by atoms with Gasteiger partial charge < -0.3 is 29.8 Å². The zero-order valence-electron chi connectivity index (χ0n) is 18.4. The van der Waals surface area contributed by atoms with E-state index >= 15 is 0 Å². The normalized spacial score (nSPS) is 27.5. The summed E-state index contributed by atoms with van der Waals surface area (Å²) in [4.78, 5) is 15.8. The smallest absolute Gasteiger partial charge is 0.223 e. The molecule has 3 aromatic rings. The summed E-state index contributed by atoms with van der Waals surface area (Å²) in [5.41, 5.74) is 7.84. The van der Waals surface area contributed by atoms with Crippen LogP contribution in [0.2, 0.25) is 0 Å². The average Bonchev–Trinajstić information content (AvgIpc) is 2.88. The highest BCUT2D eigenvalue weighted by atomic mass is 16.8. The number of ether oxygens (including phenoxy) is 4. The van der Waals surface area contributed by atoms with E-state index in [1.165, 1.54) is 0 Å². The highest BCUT2D eigenvalue weighted by Gasteiger charge is 2.48. The Labute approximate surface area is 197 Å². The lowest BCUT2D eigenvalue weighted by Crippen LogP contribution is -2.56. The summed E-state index contributed by atoms with van der Waals surface area (Å²) in [7, 11) is 0. The van der Waals surface area contributed by atoms with Crippen molar-refractivity contribution in [2.75, 3.05) is 6.61 Å². The minimum atomic E-state index is -1.13. The number of carbonyl (C=O) groups excluding carboxylic acids is 1. The van der Waals surface area contributed by atoms with Gasteiger partial charge in [0.2, 0.25) is 5.91 Å². The summed E-state index contributed by atoms with van der Waals surface area (Å²) in [5.74, 6) is -0.496. The van der Waals surface area contributed by atoms with Crippen LogP contribution in [0.3, 0.4) is 0 Å². The summed E-state index contributed by atoms with van der Waals surface area (Å²) in [6.07, 6.45) is -4.36. The number of nitrogens with two attached hydrogens (primary N) is 1. The molecule has 1 aromatic heterocycles. The number of hydrogen-bond donors (Lipinski definition) is 2. The van der Waals surface area contributed by atoms with Crippen LogP contribution in [-0.2, 0) is 30.2 Å². The van der Waals surface area contributed by atoms with Gasteiger partial charge in [0.15, 0.2) is 12.6 Å². The van der Waals surface area contributed by atoms with E-state index in [0.717, 1.165) is 11.1 Å². The Morgan fingerprint density at radius 3 is 2.26 bits per heavy atom. The van der Waals surface area contributed by atoms with E-state index in [1.807, 2.05) is 60.7 Å². The molecular weight excluding hydrogens is 436 g/mol. The summed E-state index contributed by atoms with van der Waals surface area (Å²) in [6, 6.07) is 24.2. The topological polar surface area (TPSA) is 113 Å². The van der Waals surface area contributed by atoms with Gasteiger partial charge in [0.05, 0.1) is 24.4 Å². The monoisotopic (exact) mass is 462 g/mol. The van der Waals surface area contributed by atoms with Crippen LogP contribution >= 0.6 is 0 Å². The number of rotatable bonds is 6. The van der Waals surface area contributed by atoms with Gasteiger partial charge in [-0.3, -0.25) is 9.78 Å². The average molecular weight is 463 g/mol. The van der Waals surface area contributed by atoms with Crippen LogP contribution in [-0.4, -0.2) is 40.9 Å². The number of aliphatic hydroxyl groups is 1. The quantitative estimate of drug-likeness (QED) is 0.579. The van der Waals surface area contributed by atoms with E-state index in [0.29, 0.717) is 11.4 Å². The van der Waals surface area contributed by atoms with Crippen LogP contribution in [0.25, 0.3) is 0 Å². The molecule has 0 aliphatic carbocycles. The minimum absolute atomic E-state index is 0.0195. The molecule has 0 spiro atoms. The maximum Gasteiger partial charge on any atom is 0.223 e. The fourth-order valence-electron chi connectivity index (χ4n) is 4.28. The van der Waals surface area contributed by atoms with Crippen LogP contribution in [0.4, 0.5) is 0 Å². The van der Waals surface area contributed by atoms with Crippen molar-refractivity contribution in [3.8, 4) is 0 Å². The summed E-state index contributed by atoms with van der Waals surface area (Å²) in [6.45, 7) is 0.273. The van der Waals surface area contributed by atoms with Crippen LogP contribution in [0.15, 0.2) is 78.9 Å². The van der Waals surface area contributed by atoms with Crippen molar-refractivity contribution >= 4 is 5.91 Å². The SMILES string of the molecule is NC(=O)Cc1cccc([C@@H](O)[C@@H]2OC(c3ccccc3)O[C@@H]3COC(c4ccccc4)O[C@@H]23)n1. The highest BCUT2D eigenvalue weighted by Crippen LogP contribution is 2.41. The molecular formula is C26H26N2O6. The van der Waals surface area contributed by atoms with Gasteiger partial charge in [0, 0.05) is 11.1 Å². The number of fused-ring (bicyclic) bond motifs is 1. The van der Waals surface area contributed by atoms with Gasteiger partial charge in [0.25, 0.3) is 0 Å². The first-order chi connectivity index (χ1) is 16.6. The molecule has 8 nitrogen and oxygen atoms in total. The molecule has 1 amide bonds. The van der Waals surface area contributed by atoms with E-state index in [-0.39, 0.29) is 13.0 Å². The fraction of sp³-hybridized carbons (Fsp3) is 0.308. The second kappa shape index (κ2) is 10.0. The maximum atomic E-state index is 11.4. The van der Waals surface area contributed by atoms with Gasteiger partial charge in [-0.05, 0) is 12.1 Å². The number of aliphatic hydroxyl groups excluding tert-OH is 1. The standard InChI is InChI=1S/C26H26N2O6/c27-21(29)14-18-12-7-13-19(28-18)22(30)24-23-20(32-26(34-24)17-10-5-2-6-11-17)15-31-25(33-23)16-8-3-1-4-9-16/h1-13,20,22-26,30H,14-15H2,(H2,27,29)/t20-,22-,23-,24+,25?,26?/m1/s1. The Morgan fingerprint density at radius 2 is 1.59 bits per heavy atom. The van der Waals surface area contributed by atoms with E-state index < -0.39 is 42.9 Å². The lowest BCUT2D eigenvalue weighted by Gasteiger charge is -2.47. The molecule has 2 aromatic carbocycles. The number of amides is 1. The molecule has 0 bridgehead atoms. The summed E-state index contributed by atoms with van der Waals surface area (Å²) >= 11 is 0. The Morgan fingerprint density at radius 1 is 0.912 bits per heavy atom. The highest BCUT2D eigenvalue weighted by molar-refractivity contribution is 5.76. The third-order valence-electron chi connectivity index (χ3n) is 5.90. The molecule has 176 valence electrons. The molecule has 3 N–H and O–H groups in total. The van der Waals surface area contributed by atoms with Crippen molar-refractivity contribution in [1.29, 1.82) is 0 Å². The molecule has 5 rings (SSSR count). The largest absolute Gasteiger partial charge is 0.384 e. The summed E-state index contributed by atoms with van der Waals surface area (Å²) in [5, 5.41) is 11.4. The lowest BCUT2D eigenvalue weighted by molar-refractivity contribution is -0.373. The lowest BCUT2D eigenvalue weighted by atomic mass is 9.97. The number of pyridine rings is 1.